The van der Waals surface area contributed by atoms with Gasteiger partial charge >= 0.3 is 0 Å². The molecule has 2 aromatic heterocycles. The Kier molecular flexibility index (Phi) is 5.72. The lowest BCUT2D eigenvalue weighted by Crippen LogP contribution is -1.91. The summed E-state index contributed by atoms with van der Waals surface area (Å²) in [5.41, 5.74) is 6.47. The van der Waals surface area contributed by atoms with Crippen molar-refractivity contribution in [3.63, 3.8) is 0 Å². The molecule has 0 saturated carbocycles. The van der Waals surface area contributed by atoms with Crippen LogP contribution in [0.2, 0.25) is 0 Å². The number of thiophene rings is 2. The summed E-state index contributed by atoms with van der Waals surface area (Å²) >= 11 is 3.88. The van der Waals surface area contributed by atoms with Gasteiger partial charge in [-0.25, -0.2) is 0 Å². The Morgan fingerprint density at radius 1 is 0.304 bits per heavy atom. The molecule has 0 atom stereocenters. The van der Waals surface area contributed by atoms with Gasteiger partial charge in [-0.3, -0.25) is 0 Å². The quantitative estimate of drug-likeness (QED) is 0.173. The SMILES string of the molecule is c1ccc(-c2c(-c3c4ccccc4c(-c4ccc5ccccc5c4)c4ccccc34)sc3c2ccc2c4ccccc4sc23)cc1. The molecule has 46 heavy (non-hydrogen) atoms. The lowest BCUT2D eigenvalue weighted by molar-refractivity contribution is 1.68. The molecule has 10 rings (SSSR count). The molecule has 0 unspecified atom stereocenters. The Labute approximate surface area is 274 Å². The molecule has 10 aromatic rings. The van der Waals surface area contributed by atoms with Crippen LogP contribution in [0.25, 0.3) is 95.3 Å². The van der Waals surface area contributed by atoms with E-state index < -0.39 is 0 Å². The molecule has 0 nitrogen and oxygen atoms in total. The molecule has 0 aliphatic rings. The molecule has 0 aliphatic carbocycles. The predicted octanol–water partition coefficient (Wildman–Crippen LogP) is 13.7. The summed E-state index contributed by atoms with van der Waals surface area (Å²) in [4.78, 5) is 1.34. The van der Waals surface area contributed by atoms with E-state index in [9.17, 15) is 0 Å². The summed E-state index contributed by atoms with van der Waals surface area (Å²) in [5.74, 6) is 0. The summed E-state index contributed by atoms with van der Waals surface area (Å²) in [5, 5.41) is 11.7. The van der Waals surface area contributed by atoms with Gasteiger partial charge in [0.15, 0.2) is 0 Å². The maximum Gasteiger partial charge on any atom is 0.0534 e. The standard InChI is InChI=1S/C44H26S2/c1-2-13-28(14-3-1)40-37-25-24-36-31-16-10-11-21-38(31)45-42(36)43(37)46-44(40)41-34-19-8-6-17-32(34)39(33-18-7-9-20-35(33)41)30-23-22-27-12-4-5-15-29(27)26-30/h1-26H. The van der Waals surface area contributed by atoms with Gasteiger partial charge in [0, 0.05) is 36.9 Å². The van der Waals surface area contributed by atoms with E-state index in [2.05, 4.69) is 158 Å². The topological polar surface area (TPSA) is 0 Å². The zero-order valence-electron chi connectivity index (χ0n) is 24.8. The van der Waals surface area contributed by atoms with E-state index >= 15 is 0 Å². The van der Waals surface area contributed by atoms with Gasteiger partial charge in [-0.1, -0.05) is 146 Å². The molecule has 2 heterocycles. The second-order valence-corrected chi connectivity index (χ2v) is 14.1. The first-order chi connectivity index (χ1) is 22.8. The van der Waals surface area contributed by atoms with E-state index in [4.69, 9.17) is 0 Å². The van der Waals surface area contributed by atoms with Crippen molar-refractivity contribution < 1.29 is 0 Å². The highest BCUT2D eigenvalue weighted by Crippen LogP contribution is 2.53. The summed E-state index contributed by atoms with van der Waals surface area (Å²) in [6.45, 7) is 0. The third kappa shape index (κ3) is 3.78. The number of fused-ring (bicyclic) bond motifs is 8. The molecule has 0 amide bonds. The van der Waals surface area contributed by atoms with E-state index in [0.717, 1.165) is 0 Å². The molecule has 0 spiro atoms. The van der Waals surface area contributed by atoms with Gasteiger partial charge in [-0.2, -0.15) is 0 Å². The molecule has 0 aliphatic heterocycles. The van der Waals surface area contributed by atoms with Crippen LogP contribution in [0.15, 0.2) is 158 Å². The second kappa shape index (κ2) is 10.1. The Morgan fingerprint density at radius 3 is 1.61 bits per heavy atom. The number of benzene rings is 8. The van der Waals surface area contributed by atoms with Crippen molar-refractivity contribution in [2.45, 2.75) is 0 Å². The zero-order chi connectivity index (χ0) is 30.2. The molecule has 0 fully saturated rings. The Hall–Kier alpha value is -5.28. The van der Waals surface area contributed by atoms with Gasteiger partial charge in [-0.05, 0) is 61.1 Å². The van der Waals surface area contributed by atoms with Crippen molar-refractivity contribution in [2.24, 2.45) is 0 Å². The molecule has 0 radical (unpaired) electrons. The van der Waals surface area contributed by atoms with Crippen LogP contribution >= 0.6 is 22.7 Å². The minimum Gasteiger partial charge on any atom is -0.134 e. The van der Waals surface area contributed by atoms with Crippen molar-refractivity contribution in [3.05, 3.63) is 158 Å². The average molecular weight is 619 g/mol. The molecular formula is C44H26S2. The fourth-order valence-electron chi connectivity index (χ4n) is 7.43. The smallest absolute Gasteiger partial charge is 0.0534 e. The monoisotopic (exact) mass is 618 g/mol. The molecular weight excluding hydrogens is 593 g/mol. The van der Waals surface area contributed by atoms with Crippen LogP contribution in [-0.2, 0) is 0 Å². The maximum absolute atomic E-state index is 2.37. The van der Waals surface area contributed by atoms with Gasteiger partial charge in [0.05, 0.1) is 9.40 Å². The molecule has 2 heteroatoms. The highest BCUT2D eigenvalue weighted by molar-refractivity contribution is 7.32. The molecule has 0 bridgehead atoms. The lowest BCUT2D eigenvalue weighted by Gasteiger charge is -2.18. The van der Waals surface area contributed by atoms with Crippen molar-refractivity contribution in [1.82, 2.24) is 0 Å². The summed E-state index contributed by atoms with van der Waals surface area (Å²) in [7, 11) is 0. The molecule has 0 N–H and O–H groups in total. The fraction of sp³-hybridized carbons (Fsp3) is 0. The van der Waals surface area contributed by atoms with Gasteiger partial charge in [0.2, 0.25) is 0 Å². The van der Waals surface area contributed by atoms with Gasteiger partial charge in [0.25, 0.3) is 0 Å². The van der Waals surface area contributed by atoms with Crippen molar-refractivity contribution in [3.8, 4) is 32.7 Å². The van der Waals surface area contributed by atoms with Gasteiger partial charge < -0.3 is 0 Å². The zero-order valence-corrected chi connectivity index (χ0v) is 26.5. The second-order valence-electron chi connectivity index (χ2n) is 12.0. The van der Waals surface area contributed by atoms with E-state index in [1.807, 2.05) is 22.7 Å². The lowest BCUT2D eigenvalue weighted by atomic mass is 9.86. The summed E-state index contributed by atoms with van der Waals surface area (Å²) in [6.07, 6.45) is 0. The van der Waals surface area contributed by atoms with E-state index in [1.54, 1.807) is 0 Å². The van der Waals surface area contributed by atoms with Crippen LogP contribution in [0.3, 0.4) is 0 Å². The van der Waals surface area contributed by atoms with Crippen LogP contribution < -0.4 is 0 Å². The van der Waals surface area contributed by atoms with Gasteiger partial charge in [0.1, 0.15) is 0 Å². The third-order valence-corrected chi connectivity index (χ3v) is 12.0. The molecule has 0 saturated heterocycles. The summed E-state index contributed by atoms with van der Waals surface area (Å²) < 4.78 is 4.10. The Morgan fingerprint density at radius 2 is 0.870 bits per heavy atom. The highest BCUT2D eigenvalue weighted by Gasteiger charge is 2.24. The average Bonchev–Trinajstić information content (AvgIpc) is 3.69. The normalized spacial score (nSPS) is 11.9. The maximum atomic E-state index is 2.37. The van der Waals surface area contributed by atoms with E-state index in [-0.39, 0.29) is 0 Å². The van der Waals surface area contributed by atoms with Crippen LogP contribution in [-0.4, -0.2) is 0 Å². The Balaban J connectivity index is 1.36. The summed E-state index contributed by atoms with van der Waals surface area (Å²) in [6, 6.07) is 58.2. The molecule has 8 aromatic carbocycles. The van der Waals surface area contributed by atoms with Crippen LogP contribution in [0.4, 0.5) is 0 Å². The van der Waals surface area contributed by atoms with Crippen LogP contribution in [0.5, 0.6) is 0 Å². The largest absolute Gasteiger partial charge is 0.134 e. The van der Waals surface area contributed by atoms with Crippen LogP contribution in [0.1, 0.15) is 0 Å². The minimum atomic E-state index is 1.25. The minimum absolute atomic E-state index is 1.25. The number of hydrogen-bond donors (Lipinski definition) is 0. The van der Waals surface area contributed by atoms with E-state index in [0.29, 0.717) is 0 Å². The fourth-order valence-corrected chi connectivity index (χ4v) is 10.2. The Bertz CT molecular complexity index is 2740. The van der Waals surface area contributed by atoms with Gasteiger partial charge in [-0.15, -0.1) is 22.7 Å². The van der Waals surface area contributed by atoms with Crippen molar-refractivity contribution in [2.75, 3.05) is 0 Å². The van der Waals surface area contributed by atoms with Crippen molar-refractivity contribution >= 4 is 85.2 Å². The third-order valence-electron chi connectivity index (χ3n) is 9.46. The number of rotatable bonds is 3. The highest BCUT2D eigenvalue weighted by atomic mass is 32.1. The molecule has 214 valence electrons. The van der Waals surface area contributed by atoms with Crippen molar-refractivity contribution in [1.29, 1.82) is 0 Å². The first-order valence-electron chi connectivity index (χ1n) is 15.7. The first kappa shape index (κ1) is 26.0. The van der Waals surface area contributed by atoms with E-state index in [1.165, 1.54) is 95.3 Å². The van der Waals surface area contributed by atoms with Crippen LogP contribution in [0, 0.1) is 0 Å². The number of hydrogen-bond acceptors (Lipinski definition) is 2. The predicted molar refractivity (Wildman–Crippen MR) is 204 cm³/mol. The first-order valence-corrected chi connectivity index (χ1v) is 17.3.